The molecular weight excluding hydrogens is 424 g/mol. The average Bonchev–Trinajstić information content (AvgIpc) is 2.85. The summed E-state index contributed by atoms with van der Waals surface area (Å²) in [6.07, 6.45) is 0.0539. The van der Waals surface area contributed by atoms with E-state index in [1.807, 2.05) is 6.92 Å². The van der Waals surface area contributed by atoms with Gasteiger partial charge in [-0.2, -0.15) is 5.10 Å². The molecule has 0 heterocycles. The third-order valence-corrected chi connectivity index (χ3v) is 4.54. The van der Waals surface area contributed by atoms with Crippen molar-refractivity contribution in [2.24, 2.45) is 5.10 Å². The van der Waals surface area contributed by atoms with Crippen molar-refractivity contribution in [3.8, 4) is 17.2 Å². The topological polar surface area (TPSA) is 106 Å². The van der Waals surface area contributed by atoms with Crippen LogP contribution in [0.4, 0.5) is 0 Å². The van der Waals surface area contributed by atoms with Gasteiger partial charge in [0.2, 0.25) is 0 Å². The molecule has 0 saturated carbocycles. The van der Waals surface area contributed by atoms with Gasteiger partial charge in [-0.1, -0.05) is 30.3 Å². The highest BCUT2D eigenvalue weighted by Crippen LogP contribution is 2.28. The minimum atomic E-state index is -1.33. The summed E-state index contributed by atoms with van der Waals surface area (Å²) in [7, 11) is 1.45. The summed E-state index contributed by atoms with van der Waals surface area (Å²) in [6.45, 7) is 2.42. The van der Waals surface area contributed by atoms with Crippen molar-refractivity contribution in [3.05, 3.63) is 89.5 Å². The number of methoxy groups -OCH3 is 1. The van der Waals surface area contributed by atoms with Crippen LogP contribution in [0.5, 0.6) is 17.2 Å². The molecule has 3 aromatic rings. The number of aliphatic hydroxyl groups is 1. The van der Waals surface area contributed by atoms with Crippen molar-refractivity contribution in [1.82, 2.24) is 5.43 Å². The van der Waals surface area contributed by atoms with Crippen molar-refractivity contribution >= 4 is 18.1 Å². The second kappa shape index (κ2) is 11.4. The second-order valence-electron chi connectivity index (χ2n) is 6.80. The summed E-state index contributed by atoms with van der Waals surface area (Å²) < 4.78 is 16.1. The van der Waals surface area contributed by atoms with E-state index in [4.69, 9.17) is 14.2 Å². The van der Waals surface area contributed by atoms with Gasteiger partial charge in [-0.05, 0) is 60.5 Å². The molecule has 1 amide bonds. The maximum absolute atomic E-state index is 12.4. The first-order valence-corrected chi connectivity index (χ1v) is 10.2. The largest absolute Gasteiger partial charge is 0.494 e. The van der Waals surface area contributed by atoms with Crippen LogP contribution < -0.4 is 19.6 Å². The zero-order chi connectivity index (χ0) is 23.6. The Balaban J connectivity index is 1.63. The molecule has 8 heteroatoms. The van der Waals surface area contributed by atoms with Crippen LogP contribution in [0.1, 0.15) is 34.5 Å². The fourth-order valence-corrected chi connectivity index (χ4v) is 2.88. The van der Waals surface area contributed by atoms with Gasteiger partial charge in [0.05, 0.1) is 25.5 Å². The van der Waals surface area contributed by atoms with Gasteiger partial charge in [-0.15, -0.1) is 0 Å². The molecule has 0 bridgehead atoms. The number of carbonyl (C=O) groups is 2. The Bertz CT molecular complexity index is 1110. The molecule has 1 unspecified atom stereocenters. The van der Waals surface area contributed by atoms with E-state index in [1.165, 1.54) is 13.3 Å². The van der Waals surface area contributed by atoms with E-state index in [9.17, 15) is 14.7 Å². The second-order valence-corrected chi connectivity index (χ2v) is 6.80. The summed E-state index contributed by atoms with van der Waals surface area (Å²) >= 11 is 0. The van der Waals surface area contributed by atoms with Crippen molar-refractivity contribution in [2.45, 2.75) is 13.0 Å². The van der Waals surface area contributed by atoms with Gasteiger partial charge < -0.3 is 19.3 Å². The van der Waals surface area contributed by atoms with Crippen LogP contribution >= 0.6 is 0 Å². The number of nitrogens with zero attached hydrogens (tertiary/aromatic N) is 1. The molecule has 0 aromatic heterocycles. The Kier molecular flexibility index (Phi) is 8.15. The maximum Gasteiger partial charge on any atom is 0.343 e. The van der Waals surface area contributed by atoms with Gasteiger partial charge in [0.25, 0.3) is 5.91 Å². The SMILES string of the molecule is CCOc1ccc(C(=O)Oc2ccc(/C=N/NC(=O)C(O)c3ccccc3)cc2OC)cc1. The molecule has 0 aliphatic heterocycles. The first kappa shape index (κ1) is 23.5. The minimum absolute atomic E-state index is 0.233. The molecule has 0 spiro atoms. The van der Waals surface area contributed by atoms with Crippen molar-refractivity contribution < 1.29 is 28.9 Å². The van der Waals surface area contributed by atoms with Gasteiger partial charge >= 0.3 is 5.97 Å². The highest BCUT2D eigenvalue weighted by Gasteiger charge is 2.16. The number of rotatable bonds is 9. The van der Waals surface area contributed by atoms with Crippen LogP contribution in [0.2, 0.25) is 0 Å². The summed E-state index contributed by atoms with van der Waals surface area (Å²) in [6, 6.07) is 20.0. The van der Waals surface area contributed by atoms with Crippen LogP contribution in [0, 0.1) is 0 Å². The molecule has 0 aliphatic rings. The van der Waals surface area contributed by atoms with Crippen molar-refractivity contribution in [1.29, 1.82) is 0 Å². The molecular formula is C25H24N2O6. The summed E-state index contributed by atoms with van der Waals surface area (Å²) in [5.74, 6) is 0.00912. The van der Waals surface area contributed by atoms with E-state index < -0.39 is 18.0 Å². The minimum Gasteiger partial charge on any atom is -0.494 e. The van der Waals surface area contributed by atoms with Crippen LogP contribution in [0.15, 0.2) is 77.9 Å². The normalized spacial score (nSPS) is 11.6. The fraction of sp³-hybridized carbons (Fsp3) is 0.160. The van der Waals surface area contributed by atoms with E-state index in [0.29, 0.717) is 34.8 Å². The molecule has 0 radical (unpaired) electrons. The molecule has 3 aromatic carbocycles. The van der Waals surface area contributed by atoms with Crippen LogP contribution in [0.25, 0.3) is 0 Å². The highest BCUT2D eigenvalue weighted by molar-refractivity contribution is 5.92. The smallest absolute Gasteiger partial charge is 0.343 e. The summed E-state index contributed by atoms with van der Waals surface area (Å²) in [5.41, 5.74) is 3.71. The van der Waals surface area contributed by atoms with E-state index in [-0.39, 0.29) is 5.75 Å². The zero-order valence-corrected chi connectivity index (χ0v) is 18.2. The van der Waals surface area contributed by atoms with E-state index in [0.717, 1.165) is 0 Å². The van der Waals surface area contributed by atoms with Crippen LogP contribution in [0.3, 0.4) is 0 Å². The Labute approximate surface area is 191 Å². The molecule has 170 valence electrons. The van der Waals surface area contributed by atoms with Gasteiger partial charge in [-0.3, -0.25) is 4.79 Å². The zero-order valence-electron chi connectivity index (χ0n) is 18.2. The first-order valence-electron chi connectivity index (χ1n) is 10.2. The average molecular weight is 448 g/mol. The quantitative estimate of drug-likeness (QED) is 0.225. The number of ether oxygens (including phenoxy) is 3. The van der Waals surface area contributed by atoms with Crippen molar-refractivity contribution in [2.75, 3.05) is 13.7 Å². The number of hydrazone groups is 1. The van der Waals surface area contributed by atoms with Crippen LogP contribution in [-0.2, 0) is 4.79 Å². The number of nitrogens with one attached hydrogen (secondary N) is 1. The molecule has 2 N–H and O–H groups in total. The lowest BCUT2D eigenvalue weighted by Crippen LogP contribution is -2.25. The third-order valence-electron chi connectivity index (χ3n) is 4.54. The molecule has 0 fully saturated rings. The lowest BCUT2D eigenvalue weighted by Gasteiger charge is -2.11. The van der Waals surface area contributed by atoms with E-state index in [1.54, 1.807) is 72.8 Å². The predicted molar refractivity (Wildman–Crippen MR) is 123 cm³/mol. The number of benzene rings is 3. The number of aliphatic hydroxyl groups excluding tert-OH is 1. The Morgan fingerprint density at radius 1 is 1.03 bits per heavy atom. The van der Waals surface area contributed by atoms with Gasteiger partial charge in [-0.25, -0.2) is 10.2 Å². The number of hydrogen-bond acceptors (Lipinski definition) is 7. The maximum atomic E-state index is 12.4. The molecule has 33 heavy (non-hydrogen) atoms. The van der Waals surface area contributed by atoms with Crippen LogP contribution in [-0.4, -0.2) is 36.9 Å². The highest BCUT2D eigenvalue weighted by atomic mass is 16.6. The third kappa shape index (κ3) is 6.41. The number of hydrogen-bond donors (Lipinski definition) is 2. The number of carbonyl (C=O) groups excluding carboxylic acids is 2. The molecule has 8 nitrogen and oxygen atoms in total. The molecule has 0 saturated heterocycles. The number of esters is 1. The summed E-state index contributed by atoms with van der Waals surface area (Å²) in [4.78, 5) is 24.5. The van der Waals surface area contributed by atoms with Gasteiger partial charge in [0.1, 0.15) is 5.75 Å². The van der Waals surface area contributed by atoms with E-state index in [2.05, 4.69) is 10.5 Å². The lowest BCUT2D eigenvalue weighted by molar-refractivity contribution is -0.129. The van der Waals surface area contributed by atoms with E-state index >= 15 is 0 Å². The Morgan fingerprint density at radius 2 is 1.76 bits per heavy atom. The van der Waals surface area contributed by atoms with Gasteiger partial charge in [0, 0.05) is 0 Å². The molecule has 3 rings (SSSR count). The lowest BCUT2D eigenvalue weighted by atomic mass is 10.1. The fourth-order valence-electron chi connectivity index (χ4n) is 2.88. The first-order chi connectivity index (χ1) is 16.0. The number of amides is 1. The van der Waals surface area contributed by atoms with Crippen molar-refractivity contribution in [3.63, 3.8) is 0 Å². The summed E-state index contributed by atoms with van der Waals surface area (Å²) in [5, 5.41) is 13.9. The standard InChI is InChI=1S/C25H24N2O6/c1-3-32-20-12-10-19(11-13-20)25(30)33-21-14-9-17(15-22(21)31-2)16-26-27-24(29)23(28)18-7-5-4-6-8-18/h4-16,23,28H,3H2,1-2H3,(H,27,29)/b26-16+. The Morgan fingerprint density at radius 3 is 2.42 bits per heavy atom. The van der Waals surface area contributed by atoms with Gasteiger partial charge in [0.15, 0.2) is 17.6 Å². The monoisotopic (exact) mass is 448 g/mol. The Hall–Kier alpha value is -4.17. The molecule has 1 atom stereocenters. The molecule has 0 aliphatic carbocycles. The predicted octanol–water partition coefficient (Wildman–Crippen LogP) is 3.50.